The van der Waals surface area contributed by atoms with Crippen molar-refractivity contribution in [2.45, 2.75) is 44.1 Å². The van der Waals surface area contributed by atoms with Gasteiger partial charge in [0.1, 0.15) is 22.1 Å². The molecule has 3 N–H and O–H groups in total. The summed E-state index contributed by atoms with van der Waals surface area (Å²) in [5.41, 5.74) is 1.00. The number of rotatable bonds is 9. The fourth-order valence-electron chi connectivity index (χ4n) is 3.17. The zero-order chi connectivity index (χ0) is 26.5. The minimum absolute atomic E-state index is 0.0691. The maximum Gasteiger partial charge on any atom is 0.407 e. The first-order chi connectivity index (χ1) is 16.9. The number of halogens is 3. The van der Waals surface area contributed by atoms with Crippen LogP contribution in [-0.4, -0.2) is 43.2 Å². The number of ether oxygens (including phenoxy) is 1. The van der Waals surface area contributed by atoms with Crippen LogP contribution < -0.4 is 10.0 Å². The van der Waals surface area contributed by atoms with Gasteiger partial charge in [0.25, 0.3) is 0 Å². The van der Waals surface area contributed by atoms with Crippen molar-refractivity contribution in [3.05, 3.63) is 57.9 Å². The average Bonchev–Trinajstić information content (AvgIpc) is 3.27. The molecule has 3 rings (SSSR count). The molecule has 0 unspecified atom stereocenters. The molecule has 0 saturated heterocycles. The molecule has 0 fully saturated rings. The average molecular weight is 602 g/mol. The van der Waals surface area contributed by atoms with Crippen LogP contribution in [0.5, 0.6) is 0 Å². The van der Waals surface area contributed by atoms with Crippen LogP contribution >= 0.6 is 27.5 Å². The number of amides is 1. The Balaban J connectivity index is 1.62. The van der Waals surface area contributed by atoms with Gasteiger partial charge in [-0.25, -0.2) is 27.3 Å². The van der Waals surface area contributed by atoms with Crippen molar-refractivity contribution in [2.24, 2.45) is 0 Å². The Morgan fingerprint density at radius 3 is 2.53 bits per heavy atom. The van der Waals surface area contributed by atoms with Gasteiger partial charge in [0.2, 0.25) is 10.0 Å². The van der Waals surface area contributed by atoms with Crippen LogP contribution in [0.4, 0.5) is 9.18 Å². The summed E-state index contributed by atoms with van der Waals surface area (Å²) in [5.74, 6) is -0.00159. The maximum absolute atomic E-state index is 13.9. The van der Waals surface area contributed by atoms with Crippen molar-refractivity contribution >= 4 is 43.6 Å². The van der Waals surface area contributed by atoms with Crippen LogP contribution in [0.1, 0.15) is 33.6 Å². The summed E-state index contributed by atoms with van der Waals surface area (Å²) >= 11 is 9.32. The largest absolute Gasteiger partial charge is 0.444 e. The van der Waals surface area contributed by atoms with Gasteiger partial charge in [-0.05, 0) is 79.9 Å². The van der Waals surface area contributed by atoms with E-state index >= 15 is 0 Å². The molecule has 1 heterocycles. The van der Waals surface area contributed by atoms with Crippen LogP contribution in [-0.2, 0) is 14.8 Å². The van der Waals surface area contributed by atoms with E-state index in [1.807, 2.05) is 0 Å². The first-order valence-corrected chi connectivity index (χ1v) is 13.8. The number of sulfonamides is 1. The van der Waals surface area contributed by atoms with Gasteiger partial charge < -0.3 is 15.0 Å². The third-order valence-corrected chi connectivity index (χ3v) is 7.44. The summed E-state index contributed by atoms with van der Waals surface area (Å²) in [6, 6.07) is 9.23. The zero-order valence-electron chi connectivity index (χ0n) is 20.0. The lowest BCUT2D eigenvalue weighted by Crippen LogP contribution is -2.33. The number of hydrogen-bond donors (Lipinski definition) is 3. The van der Waals surface area contributed by atoms with E-state index < -0.39 is 27.5 Å². The summed E-state index contributed by atoms with van der Waals surface area (Å²) in [4.78, 5) is 19.0. The smallest absolute Gasteiger partial charge is 0.407 e. The number of carbonyl (C=O) groups excluding carboxylic acids is 1. The predicted octanol–water partition coefficient (Wildman–Crippen LogP) is 5.88. The molecule has 0 aliphatic heterocycles. The Hall–Kier alpha value is -2.47. The third-order valence-electron chi connectivity index (χ3n) is 4.85. The Morgan fingerprint density at radius 2 is 1.83 bits per heavy atom. The number of aromatic nitrogens is 2. The molecular weight excluding hydrogens is 575 g/mol. The van der Waals surface area contributed by atoms with Crippen molar-refractivity contribution in [1.29, 1.82) is 0 Å². The SMILES string of the molecule is CC(C)(C)OC(=O)NCCCCNS(=O)(=O)c1cc(-c2nc(-c3ccc(Br)c(F)c3)c[nH]2)ccc1Cl. The van der Waals surface area contributed by atoms with Crippen LogP contribution in [0.25, 0.3) is 22.6 Å². The van der Waals surface area contributed by atoms with Crippen LogP contribution in [0.2, 0.25) is 5.02 Å². The maximum atomic E-state index is 13.9. The van der Waals surface area contributed by atoms with Crippen LogP contribution in [0.15, 0.2) is 52.0 Å². The lowest BCUT2D eigenvalue weighted by Gasteiger charge is -2.19. The van der Waals surface area contributed by atoms with E-state index in [0.29, 0.717) is 46.5 Å². The predicted molar refractivity (Wildman–Crippen MR) is 141 cm³/mol. The molecule has 0 atom stereocenters. The second kappa shape index (κ2) is 11.7. The lowest BCUT2D eigenvalue weighted by molar-refractivity contribution is 0.0527. The topological polar surface area (TPSA) is 113 Å². The molecule has 0 aliphatic carbocycles. The lowest BCUT2D eigenvalue weighted by atomic mass is 10.2. The normalized spacial score (nSPS) is 11.9. The number of hydrogen-bond acceptors (Lipinski definition) is 5. The minimum atomic E-state index is -3.90. The monoisotopic (exact) mass is 600 g/mol. The van der Waals surface area contributed by atoms with E-state index in [2.05, 4.69) is 35.9 Å². The highest BCUT2D eigenvalue weighted by molar-refractivity contribution is 9.10. The van der Waals surface area contributed by atoms with Crippen LogP contribution in [0.3, 0.4) is 0 Å². The van der Waals surface area contributed by atoms with Crippen molar-refractivity contribution in [3.63, 3.8) is 0 Å². The second-order valence-corrected chi connectivity index (χ2v) is 11.9. The molecule has 12 heteroatoms. The molecule has 1 amide bonds. The number of nitrogens with zero attached hydrogens (tertiary/aromatic N) is 1. The number of alkyl carbamates (subject to hydrolysis) is 1. The molecule has 0 aliphatic rings. The van der Waals surface area contributed by atoms with Crippen molar-refractivity contribution in [1.82, 2.24) is 20.0 Å². The molecule has 1 aromatic heterocycles. The third kappa shape index (κ3) is 7.76. The molecular formula is C24H27BrClFN4O4S. The second-order valence-electron chi connectivity index (χ2n) is 8.94. The standard InChI is InChI=1S/C24H27BrClFN4O4S/c1-24(2,3)35-23(32)28-10-4-5-11-30-36(33,34)21-13-16(7-9-18(21)26)22-29-14-20(31-22)15-6-8-17(25)19(27)12-15/h6-9,12-14,30H,4-5,10-11H2,1-3H3,(H,28,32)(H,29,31). The highest BCUT2D eigenvalue weighted by Crippen LogP contribution is 2.29. The van der Waals surface area contributed by atoms with Gasteiger partial charge in [-0.2, -0.15) is 0 Å². The molecule has 0 bridgehead atoms. The summed E-state index contributed by atoms with van der Waals surface area (Å²) in [7, 11) is -3.90. The summed E-state index contributed by atoms with van der Waals surface area (Å²) < 4.78 is 47.7. The van der Waals surface area contributed by atoms with Gasteiger partial charge in [0.05, 0.1) is 15.2 Å². The van der Waals surface area contributed by atoms with Gasteiger partial charge in [-0.3, -0.25) is 0 Å². The van der Waals surface area contributed by atoms with E-state index in [1.165, 1.54) is 18.2 Å². The summed E-state index contributed by atoms with van der Waals surface area (Å²) in [6.07, 6.45) is 2.15. The first kappa shape index (κ1) is 28.1. The van der Waals surface area contributed by atoms with Gasteiger partial charge >= 0.3 is 6.09 Å². The number of imidazole rings is 1. The van der Waals surface area contributed by atoms with Gasteiger partial charge in [0, 0.05) is 30.4 Å². The quantitative estimate of drug-likeness (QED) is 0.265. The summed E-state index contributed by atoms with van der Waals surface area (Å²) in [5, 5.41) is 2.70. The Kier molecular flexibility index (Phi) is 9.15. The van der Waals surface area contributed by atoms with E-state index in [1.54, 1.807) is 45.2 Å². The minimum Gasteiger partial charge on any atom is -0.444 e. The molecule has 0 radical (unpaired) electrons. The first-order valence-electron chi connectivity index (χ1n) is 11.1. The zero-order valence-corrected chi connectivity index (χ0v) is 23.2. The number of benzene rings is 2. The molecule has 194 valence electrons. The molecule has 2 aromatic carbocycles. The van der Waals surface area contributed by atoms with E-state index in [0.717, 1.165) is 0 Å². The van der Waals surface area contributed by atoms with E-state index in [4.69, 9.17) is 16.3 Å². The molecule has 8 nitrogen and oxygen atoms in total. The molecule has 0 saturated carbocycles. The fraction of sp³-hybridized carbons (Fsp3) is 0.333. The number of nitrogens with one attached hydrogen (secondary N) is 3. The molecule has 3 aromatic rings. The van der Waals surface area contributed by atoms with Crippen molar-refractivity contribution < 1.29 is 22.3 Å². The number of carbonyl (C=O) groups is 1. The van der Waals surface area contributed by atoms with Crippen LogP contribution in [0, 0.1) is 5.82 Å². The van der Waals surface area contributed by atoms with Gasteiger partial charge in [0.15, 0.2) is 0 Å². The highest BCUT2D eigenvalue weighted by Gasteiger charge is 2.20. The van der Waals surface area contributed by atoms with Crippen molar-refractivity contribution in [3.8, 4) is 22.6 Å². The molecule has 0 spiro atoms. The fourth-order valence-corrected chi connectivity index (χ4v) is 5.01. The Labute approximate surface area is 223 Å². The summed E-state index contributed by atoms with van der Waals surface area (Å²) in [6.45, 7) is 5.84. The number of aromatic amines is 1. The van der Waals surface area contributed by atoms with Gasteiger partial charge in [-0.15, -0.1) is 0 Å². The highest BCUT2D eigenvalue weighted by atomic mass is 79.9. The Bertz CT molecular complexity index is 1340. The number of unbranched alkanes of at least 4 members (excludes halogenated alkanes) is 1. The Morgan fingerprint density at radius 1 is 1.14 bits per heavy atom. The van der Waals surface area contributed by atoms with Crippen molar-refractivity contribution in [2.75, 3.05) is 13.1 Å². The molecule has 36 heavy (non-hydrogen) atoms. The number of H-pyrrole nitrogens is 1. The van der Waals surface area contributed by atoms with E-state index in [9.17, 15) is 17.6 Å². The van der Waals surface area contributed by atoms with E-state index in [-0.39, 0.29) is 16.5 Å². The van der Waals surface area contributed by atoms with Gasteiger partial charge in [-0.1, -0.05) is 17.7 Å².